The maximum atomic E-state index is 12.5. The first-order valence-electron chi connectivity index (χ1n) is 41.8. The van der Waals surface area contributed by atoms with Crippen molar-refractivity contribution >= 4 is 148 Å². The minimum absolute atomic E-state index is 0.00664. The topological polar surface area (TPSA) is 495 Å². The molecule has 4 fully saturated rings. The Labute approximate surface area is 754 Å². The second-order valence-electron chi connectivity index (χ2n) is 33.0. The van der Waals surface area contributed by atoms with Crippen molar-refractivity contribution in [1.29, 1.82) is 0 Å². The van der Waals surface area contributed by atoms with E-state index in [1.54, 1.807) is 61.6 Å². The smallest absolute Gasteiger partial charge is 0.165 e. The number of nitrogen functional groups attached to an aromatic ring is 4. The fraction of sp³-hybridized carbons (Fsp3) is 0.289. The Bertz CT molecular complexity index is 7690. The number of anilines is 4. The van der Waals surface area contributed by atoms with Crippen LogP contribution in [0.25, 0.3) is 101 Å². The summed E-state index contributed by atoms with van der Waals surface area (Å²) in [7, 11) is -12.2. The Kier molecular flexibility index (Phi) is 24.1. The number of hydrogen-bond donors (Lipinski definition) is 4. The molecule has 0 saturated carbocycles. The van der Waals surface area contributed by atoms with Gasteiger partial charge >= 0.3 is 0 Å². The number of ketones is 5. The van der Waals surface area contributed by atoms with Crippen molar-refractivity contribution in [3.8, 4) is 67.3 Å². The fourth-order valence-corrected chi connectivity index (χ4v) is 24.9. The predicted octanol–water partition coefficient (Wildman–Crippen LogP) is 13.1. The number of Topliss-reactive ketones (excluding diaryl/α,β-unsaturated/α-hetero) is 5. The largest absolute Gasteiger partial charge is 0.383 e. The van der Waals surface area contributed by atoms with Crippen molar-refractivity contribution in [1.82, 2.24) is 82.5 Å². The lowest BCUT2D eigenvalue weighted by atomic mass is 9.93. The lowest BCUT2D eigenvalue weighted by Gasteiger charge is -2.24. The average molecular weight is 1870 g/mol. The van der Waals surface area contributed by atoms with Crippen LogP contribution in [0.3, 0.4) is 0 Å². The predicted molar refractivity (Wildman–Crippen MR) is 499 cm³/mol. The fourth-order valence-electron chi connectivity index (χ4n) is 17.4. The molecule has 4 saturated heterocycles. The highest BCUT2D eigenvalue weighted by Gasteiger charge is 2.37. The van der Waals surface area contributed by atoms with Gasteiger partial charge in [-0.15, -0.1) is 11.3 Å². The molecule has 8 N–H and O–H groups in total. The van der Waals surface area contributed by atoms with Gasteiger partial charge in [-0.25, -0.2) is 63.6 Å². The third-order valence-corrected chi connectivity index (χ3v) is 32.5. The van der Waals surface area contributed by atoms with Crippen molar-refractivity contribution in [2.75, 3.05) is 69.0 Å². The number of hydrogen-bond acceptors (Lipinski definition) is 30. The maximum absolute atomic E-state index is 12.5. The van der Waals surface area contributed by atoms with E-state index in [4.69, 9.17) is 42.9 Å². The number of carbonyl (C=O) groups is 5. The molecule has 0 unspecified atom stereocenters. The van der Waals surface area contributed by atoms with E-state index in [-0.39, 0.29) is 122 Å². The number of aromatic nitrogens is 17. The molecule has 16 aromatic rings. The molecular weight excluding hydrogens is 1780 g/mol. The highest BCUT2D eigenvalue weighted by atomic mass is 32.2. The summed E-state index contributed by atoms with van der Waals surface area (Å²) in [6.45, 7) is 9.33. The number of nitrogens with zero attached hydrogens (tertiary/aromatic N) is 17. The molecule has 0 bridgehead atoms. The first kappa shape index (κ1) is 88.7. The first-order chi connectivity index (χ1) is 62.1. The minimum Gasteiger partial charge on any atom is -0.383 e. The molecule has 0 amide bonds. The SMILES string of the molecule is CC(=O)c1c(C2CCS(=O)(=O)CC2)nc2c(-c3ccn(-c4ccsc4)c3)cnn2c1N.CC(=O)c1c(C2CCS(=O)(=O)CC2)nc2c(-c3cnc(-c4ccccc4)nc3)cnn2c1N.CC(=O)c1c(C2CCS(=O)(=O)CC2)nc2c(-c3cnc4ccc(C)cc4c3)cnn2c1N.CC(=O)c1cscc1-n1ccc(-c2cnn3c(N)c(C(C)=O)c(C4CCS(=O)(=O)CC4)nc23)c1. The van der Waals surface area contributed by atoms with Gasteiger partial charge in [0.25, 0.3) is 0 Å². The summed E-state index contributed by atoms with van der Waals surface area (Å²) in [4.78, 5) is 94.6. The molecule has 0 radical (unpaired) electrons. The molecule has 2 aromatic carbocycles. The van der Waals surface area contributed by atoms with Gasteiger partial charge in [0, 0.05) is 139 Å². The van der Waals surface area contributed by atoms with Crippen LogP contribution in [0.4, 0.5) is 23.3 Å². The van der Waals surface area contributed by atoms with Gasteiger partial charge in [-0.05, 0) is 135 Å². The van der Waals surface area contributed by atoms with Gasteiger partial charge in [-0.3, -0.25) is 29.0 Å². The Morgan fingerprint density at radius 3 is 1.12 bits per heavy atom. The highest BCUT2D eigenvalue weighted by molar-refractivity contribution is 7.92. The standard InChI is InChI=1S/C23H22N6O3S.C23H23N5O4S2.C23H23N5O3S.C21H21N5O3S2/c1-14(30)19-20(15-7-9-33(31,32)10-8-15)28-23-18(13-27-29(23)21(19)24)17-11-25-22(26-12-17)16-5-3-2-4-6-16;1-13(29)18-11-33-12-19(18)27-6-3-16(10-27)17-9-25-28-22(24)20(14(2)30)21(26-23(17)28)15-4-7-34(31,32)8-5-15;1-13-3-4-19-16(9-13)10-17(11-25-19)18-12-26-28-22(24)20(14(2)29)21(27-23(18)28)15-5-7-32(30,31)8-6-15;1-13(27)18-19(14-4-8-31(28,29)9-5-14)24-21-17(10-23-26(21)20(18)22)15-2-6-25(11-15)16-3-7-30-12-16/h2-6,11-13,15H,7-10,24H2,1H3;3,6,9-12,15H,4-5,7-8,24H2,1-2H3;3-4,9-12,15H,5-8,24H2,1-2H3;2-3,6-7,10-12,14H,4-5,8-9,22H2,1H3. The zero-order valence-electron chi connectivity index (χ0n) is 71.4. The Balaban J connectivity index is 0.000000122. The second kappa shape index (κ2) is 35.3. The highest BCUT2D eigenvalue weighted by Crippen LogP contribution is 2.42. The third kappa shape index (κ3) is 17.7. The van der Waals surface area contributed by atoms with Gasteiger partial charge in [0.1, 0.15) is 62.6 Å². The van der Waals surface area contributed by atoms with Crippen LogP contribution in [0, 0.1) is 6.92 Å². The summed E-state index contributed by atoms with van der Waals surface area (Å²) in [5.41, 5.74) is 42.8. The van der Waals surface area contributed by atoms with Gasteiger partial charge in [0.15, 0.2) is 57.3 Å². The van der Waals surface area contributed by atoms with Crippen molar-refractivity contribution in [2.45, 2.75) is 117 Å². The number of rotatable bonds is 16. The van der Waals surface area contributed by atoms with Crippen LogP contribution in [0.1, 0.15) is 190 Å². The minimum atomic E-state index is -3.07. The Hall–Kier alpha value is -13.3. The van der Waals surface area contributed by atoms with Crippen LogP contribution < -0.4 is 22.9 Å². The van der Waals surface area contributed by atoms with Gasteiger partial charge in [-0.2, -0.15) is 49.8 Å². The maximum Gasteiger partial charge on any atom is 0.165 e. The first-order valence-corrected chi connectivity index (χ1v) is 51.0. The molecule has 4 aliphatic rings. The summed E-state index contributed by atoms with van der Waals surface area (Å²) >= 11 is 3.09. The van der Waals surface area contributed by atoms with Crippen molar-refractivity contribution in [3.63, 3.8) is 0 Å². The van der Waals surface area contributed by atoms with Gasteiger partial charge in [-0.1, -0.05) is 42.0 Å². The van der Waals surface area contributed by atoms with Gasteiger partial charge < -0.3 is 32.1 Å². The van der Waals surface area contributed by atoms with Crippen LogP contribution in [-0.2, 0) is 39.3 Å². The molecule has 14 aromatic heterocycles. The van der Waals surface area contributed by atoms with E-state index in [2.05, 4.69) is 46.8 Å². The van der Waals surface area contributed by atoms with E-state index in [1.807, 2.05) is 124 Å². The number of thiophene rings is 2. The summed E-state index contributed by atoms with van der Waals surface area (Å²) in [6.07, 6.45) is 22.9. The number of aryl methyl sites for hydroxylation is 1. The summed E-state index contributed by atoms with van der Waals surface area (Å²) in [6, 6.07) is 23.7. The number of carbonyl (C=O) groups excluding carboxylic acids is 5. The molecule has 130 heavy (non-hydrogen) atoms. The summed E-state index contributed by atoms with van der Waals surface area (Å²) in [5.74, 6) is 0.609. The Morgan fingerprint density at radius 2 is 0.746 bits per heavy atom. The average Bonchev–Trinajstić information content (AvgIpc) is 1.58. The van der Waals surface area contributed by atoms with Crippen LogP contribution in [0.15, 0.2) is 162 Å². The normalized spacial score (nSPS) is 16.4. The van der Waals surface area contributed by atoms with E-state index in [0.29, 0.717) is 141 Å². The van der Waals surface area contributed by atoms with E-state index < -0.39 is 39.3 Å². The molecule has 4 aliphatic heterocycles. The number of sulfone groups is 4. The van der Waals surface area contributed by atoms with Crippen molar-refractivity contribution < 1.29 is 57.6 Å². The third-order valence-electron chi connectivity index (χ3n) is 24.3. The molecule has 20 rings (SSSR count). The molecule has 40 heteroatoms. The number of fused-ring (bicyclic) bond motifs is 5. The monoisotopic (exact) mass is 1860 g/mol. The van der Waals surface area contributed by atoms with Gasteiger partial charge in [0.05, 0.1) is 138 Å². The molecule has 0 aliphatic carbocycles. The lowest BCUT2D eigenvalue weighted by molar-refractivity contribution is 0.100. The van der Waals surface area contributed by atoms with Crippen LogP contribution in [-0.4, -0.2) is 191 Å². The van der Waals surface area contributed by atoms with E-state index in [0.717, 1.165) is 66.8 Å². The van der Waals surface area contributed by atoms with Crippen LogP contribution >= 0.6 is 22.7 Å². The molecule has 0 spiro atoms. The summed E-state index contributed by atoms with van der Waals surface area (Å²) in [5, 5.41) is 26.4. The van der Waals surface area contributed by atoms with Crippen LogP contribution in [0.5, 0.6) is 0 Å². The lowest BCUT2D eigenvalue weighted by Crippen LogP contribution is -2.25. The number of nitrogens with two attached hydrogens (primary N) is 4. The molecule has 18 heterocycles. The van der Waals surface area contributed by atoms with Crippen molar-refractivity contribution in [3.05, 3.63) is 219 Å². The van der Waals surface area contributed by atoms with E-state index in [9.17, 15) is 57.6 Å². The quantitative estimate of drug-likeness (QED) is 0.0653. The second-order valence-corrected chi connectivity index (χ2v) is 43.8. The molecule has 34 nitrogen and oxygen atoms in total. The van der Waals surface area contributed by atoms with E-state index >= 15 is 0 Å². The molecule has 668 valence electrons. The molecule has 0 atom stereocenters. The zero-order chi connectivity index (χ0) is 91.7. The molecular formula is C90H89N21O13S6. The Morgan fingerprint density at radius 1 is 0.377 bits per heavy atom. The summed E-state index contributed by atoms with van der Waals surface area (Å²) < 4.78 is 105. The van der Waals surface area contributed by atoms with Gasteiger partial charge in [0.2, 0.25) is 0 Å². The number of pyridine rings is 1. The van der Waals surface area contributed by atoms with E-state index in [1.165, 1.54) is 57.1 Å². The van der Waals surface area contributed by atoms with Crippen LogP contribution in [0.2, 0.25) is 0 Å². The van der Waals surface area contributed by atoms with Crippen molar-refractivity contribution in [2.24, 2.45) is 0 Å². The zero-order valence-corrected chi connectivity index (χ0v) is 76.3. The number of benzene rings is 2.